The zero-order valence-corrected chi connectivity index (χ0v) is 28.9. The Hall–Kier alpha value is -4.94. The van der Waals surface area contributed by atoms with Crippen LogP contribution in [0.4, 0.5) is 9.52 Å². The van der Waals surface area contributed by atoms with Crippen LogP contribution in [0.5, 0.6) is 17.2 Å². The topological polar surface area (TPSA) is 111 Å². The summed E-state index contributed by atoms with van der Waals surface area (Å²) in [5.74, 6) is -1.25. The fourth-order valence-electron chi connectivity index (χ4n) is 5.61. The first kappa shape index (κ1) is 33.9. The molecule has 6 rings (SSSR count). The summed E-state index contributed by atoms with van der Waals surface area (Å²) in [5, 5.41) is 22.6. The van der Waals surface area contributed by atoms with E-state index in [0.29, 0.717) is 39.7 Å². The largest absolute Gasteiger partial charge is 0.507 e. The normalized spacial score (nSPS) is 15.7. The number of hydrogen-bond donors (Lipinski definition) is 1. The van der Waals surface area contributed by atoms with Gasteiger partial charge in [0.2, 0.25) is 5.13 Å². The molecule has 1 unspecified atom stereocenters. The molecule has 1 fully saturated rings. The molecule has 1 N–H and O–H groups in total. The summed E-state index contributed by atoms with van der Waals surface area (Å²) in [7, 11) is 2.82. The number of benzene rings is 4. The predicted molar refractivity (Wildman–Crippen MR) is 189 cm³/mol. The van der Waals surface area contributed by atoms with Crippen LogP contribution >= 0.6 is 23.1 Å². The van der Waals surface area contributed by atoms with Gasteiger partial charge >= 0.3 is 5.91 Å². The molecule has 0 spiro atoms. The molecule has 1 aliphatic heterocycles. The minimum Gasteiger partial charge on any atom is -0.507 e. The number of aliphatic hydroxyl groups is 1. The van der Waals surface area contributed by atoms with Gasteiger partial charge in [0.25, 0.3) is 5.78 Å². The molecule has 2 heterocycles. The number of aromatic nitrogens is 2. The average molecular weight is 700 g/mol. The maximum atomic E-state index is 14.7. The molecule has 1 saturated heterocycles. The summed E-state index contributed by atoms with van der Waals surface area (Å²) < 4.78 is 32.0. The molecule has 9 nitrogen and oxygen atoms in total. The summed E-state index contributed by atoms with van der Waals surface area (Å²) in [5.41, 5.74) is 1.34. The van der Waals surface area contributed by atoms with Gasteiger partial charge < -0.3 is 19.3 Å². The van der Waals surface area contributed by atoms with Gasteiger partial charge in [0.15, 0.2) is 27.4 Å². The Kier molecular flexibility index (Phi) is 10.2. The van der Waals surface area contributed by atoms with E-state index < -0.39 is 29.3 Å². The van der Waals surface area contributed by atoms with Crippen LogP contribution in [0.2, 0.25) is 0 Å². The van der Waals surface area contributed by atoms with Crippen LogP contribution in [0.3, 0.4) is 0 Å². The molecule has 1 atom stereocenters. The lowest BCUT2D eigenvalue weighted by Gasteiger charge is -2.23. The number of amides is 1. The quantitative estimate of drug-likeness (QED) is 0.0453. The number of fused-ring (bicyclic) bond motifs is 1. The van der Waals surface area contributed by atoms with Gasteiger partial charge in [0, 0.05) is 11.3 Å². The number of thioether (sulfide) groups is 1. The van der Waals surface area contributed by atoms with E-state index in [0.717, 1.165) is 40.2 Å². The van der Waals surface area contributed by atoms with E-state index in [1.54, 1.807) is 18.2 Å². The first-order chi connectivity index (χ1) is 23.7. The Labute approximate surface area is 291 Å². The summed E-state index contributed by atoms with van der Waals surface area (Å²) in [6, 6.07) is 22.0. The number of methoxy groups -OCH3 is 2. The van der Waals surface area contributed by atoms with Gasteiger partial charge in [0.1, 0.15) is 5.76 Å². The van der Waals surface area contributed by atoms with Gasteiger partial charge in [-0.05, 0) is 64.6 Å². The van der Waals surface area contributed by atoms with E-state index in [1.807, 2.05) is 18.2 Å². The number of ketones is 1. The molecule has 1 aromatic heterocycles. The number of rotatable bonds is 12. The van der Waals surface area contributed by atoms with Gasteiger partial charge in [-0.15, -0.1) is 10.2 Å². The van der Waals surface area contributed by atoms with Crippen molar-refractivity contribution in [3.8, 4) is 17.2 Å². The Balaban J connectivity index is 1.39. The molecule has 49 heavy (non-hydrogen) atoms. The van der Waals surface area contributed by atoms with Gasteiger partial charge in [0.05, 0.1) is 32.4 Å². The highest BCUT2D eigenvalue weighted by Gasteiger charge is 2.48. The first-order valence-electron chi connectivity index (χ1n) is 15.6. The third kappa shape index (κ3) is 6.97. The number of anilines is 1. The smallest absolute Gasteiger partial charge is 0.301 e. The molecule has 4 aromatic carbocycles. The van der Waals surface area contributed by atoms with Crippen LogP contribution in [-0.2, 0) is 15.3 Å². The van der Waals surface area contributed by atoms with Crippen molar-refractivity contribution < 1.29 is 33.3 Å². The number of ether oxygens (including phenoxy) is 3. The van der Waals surface area contributed by atoms with Crippen LogP contribution in [0.25, 0.3) is 16.5 Å². The second-order valence-corrected chi connectivity index (χ2v) is 13.9. The van der Waals surface area contributed by atoms with Crippen LogP contribution in [0.1, 0.15) is 43.0 Å². The van der Waals surface area contributed by atoms with Gasteiger partial charge in [-0.2, -0.15) is 0 Å². The van der Waals surface area contributed by atoms with Crippen molar-refractivity contribution in [2.45, 2.75) is 36.4 Å². The Morgan fingerprint density at radius 2 is 1.71 bits per heavy atom. The van der Waals surface area contributed by atoms with Crippen molar-refractivity contribution in [3.63, 3.8) is 0 Å². The van der Waals surface area contributed by atoms with Gasteiger partial charge in [-0.3, -0.25) is 14.5 Å². The molecule has 0 radical (unpaired) electrons. The molecule has 5 aromatic rings. The third-order valence-corrected chi connectivity index (χ3v) is 10.3. The highest BCUT2D eigenvalue weighted by Crippen LogP contribution is 2.46. The van der Waals surface area contributed by atoms with Crippen LogP contribution in [0.15, 0.2) is 88.8 Å². The summed E-state index contributed by atoms with van der Waals surface area (Å²) in [4.78, 5) is 28.7. The van der Waals surface area contributed by atoms with Crippen molar-refractivity contribution >= 4 is 56.5 Å². The number of hydrogen-bond acceptors (Lipinski definition) is 10. The summed E-state index contributed by atoms with van der Waals surface area (Å²) >= 11 is 2.62. The minimum atomic E-state index is -1.13. The molecule has 0 aliphatic carbocycles. The van der Waals surface area contributed by atoms with Crippen molar-refractivity contribution in [2.75, 3.05) is 25.7 Å². The number of carbonyl (C=O) groups is 2. The predicted octanol–water partition coefficient (Wildman–Crippen LogP) is 8.19. The van der Waals surface area contributed by atoms with E-state index in [-0.39, 0.29) is 22.0 Å². The number of halogens is 1. The summed E-state index contributed by atoms with van der Waals surface area (Å²) in [6.07, 6.45) is 0.835. The van der Waals surface area contributed by atoms with Gasteiger partial charge in [-0.1, -0.05) is 85.5 Å². The number of nitrogens with zero attached hydrogens (tertiary/aromatic N) is 3. The highest BCUT2D eigenvalue weighted by molar-refractivity contribution is 8.00. The third-order valence-electron chi connectivity index (χ3n) is 8.16. The van der Waals surface area contributed by atoms with Crippen LogP contribution < -0.4 is 19.1 Å². The second kappa shape index (κ2) is 14.7. The van der Waals surface area contributed by atoms with Crippen molar-refractivity contribution in [1.82, 2.24) is 10.2 Å². The minimum absolute atomic E-state index is 0.00509. The van der Waals surface area contributed by atoms with Crippen molar-refractivity contribution in [2.24, 2.45) is 5.92 Å². The van der Waals surface area contributed by atoms with E-state index in [2.05, 4.69) is 48.3 Å². The van der Waals surface area contributed by atoms with Gasteiger partial charge in [-0.25, -0.2) is 4.39 Å². The number of carbonyl (C=O) groups excluding carboxylic acids is 2. The maximum Gasteiger partial charge on any atom is 0.301 e. The van der Waals surface area contributed by atoms with Crippen LogP contribution in [0, 0.1) is 11.7 Å². The highest BCUT2D eigenvalue weighted by atomic mass is 32.2. The Morgan fingerprint density at radius 3 is 2.47 bits per heavy atom. The Morgan fingerprint density at radius 1 is 0.959 bits per heavy atom. The lowest BCUT2D eigenvalue weighted by Crippen LogP contribution is -2.29. The molecule has 0 bridgehead atoms. The summed E-state index contributed by atoms with van der Waals surface area (Å²) in [6.45, 7) is 4.67. The standard InChI is InChI=1S/C37H34FN3O6S2/c1-21(2)16-17-47-29-15-12-23(19-30(29)46-4)32-31(33(42)24-13-14-28(45-3)27(38)18-24)34(43)35(44)41(32)36-39-40-37(49-36)48-20-25-10-7-9-22-8-5-6-11-26(22)25/h5-15,18-19,21,32,42H,16-17,20H2,1-4H3. The molecular formula is C37H34FN3O6S2. The molecular weight excluding hydrogens is 666 g/mol. The average Bonchev–Trinajstić information content (AvgIpc) is 3.68. The number of Topliss-reactive ketones (excluding diaryl/α,β-unsaturated/α-hetero) is 1. The SMILES string of the molecule is COc1ccc(C(O)=C2C(=O)C(=O)N(c3nnc(SCc4cccc5ccccc45)s3)C2c2ccc(OCCC(C)C)c(OC)c2)cc1F. The van der Waals surface area contributed by atoms with Crippen molar-refractivity contribution in [1.29, 1.82) is 0 Å². The van der Waals surface area contributed by atoms with E-state index >= 15 is 0 Å². The van der Waals surface area contributed by atoms with Crippen LogP contribution in [-0.4, -0.2) is 47.8 Å². The van der Waals surface area contributed by atoms with E-state index in [4.69, 9.17) is 14.2 Å². The molecule has 1 amide bonds. The Bertz CT molecular complexity index is 2060. The monoisotopic (exact) mass is 699 g/mol. The second-order valence-electron chi connectivity index (χ2n) is 11.7. The lowest BCUT2D eigenvalue weighted by molar-refractivity contribution is -0.132. The molecule has 12 heteroatoms. The zero-order chi connectivity index (χ0) is 34.7. The van der Waals surface area contributed by atoms with E-state index in [1.165, 1.54) is 43.0 Å². The van der Waals surface area contributed by atoms with E-state index in [9.17, 15) is 19.1 Å². The number of aliphatic hydroxyl groups excluding tert-OH is 1. The fraction of sp³-hybridized carbons (Fsp3) is 0.243. The molecule has 252 valence electrons. The maximum absolute atomic E-state index is 14.7. The lowest BCUT2D eigenvalue weighted by atomic mass is 9.95. The molecule has 0 saturated carbocycles. The van der Waals surface area contributed by atoms with Crippen molar-refractivity contribution in [3.05, 3.63) is 107 Å². The first-order valence-corrected chi connectivity index (χ1v) is 17.4. The fourth-order valence-corrected chi connectivity index (χ4v) is 7.48. The molecule has 1 aliphatic rings. The zero-order valence-electron chi connectivity index (χ0n) is 27.3.